The molecule has 3 rings (SSSR count). The summed E-state index contributed by atoms with van der Waals surface area (Å²) in [4.78, 5) is 27.8. The first kappa shape index (κ1) is 17.1. The van der Waals surface area contributed by atoms with Crippen LogP contribution in [0.25, 0.3) is 0 Å². The summed E-state index contributed by atoms with van der Waals surface area (Å²) in [7, 11) is 0. The number of H-pyrrole nitrogens is 1. The van der Waals surface area contributed by atoms with Crippen LogP contribution in [0.3, 0.4) is 0 Å². The summed E-state index contributed by atoms with van der Waals surface area (Å²) >= 11 is 0. The summed E-state index contributed by atoms with van der Waals surface area (Å²) in [6.45, 7) is 7.81. The van der Waals surface area contributed by atoms with Gasteiger partial charge in [-0.25, -0.2) is 4.79 Å². The minimum atomic E-state index is -0.371. The number of nitrogens with one attached hydrogen (secondary N) is 2. The standard InChI is InChI=1S/C19H28N2O3/c1-5-24-19(23)16-10(2)17(20-12(16)4)18(22)21-11(3)15-9-13-6-7-14(15)8-13/h11,13-15,20H,5-9H2,1-4H3,(H,21,22)/t11-,13+,14-,15-/m0/s1. The minimum Gasteiger partial charge on any atom is -0.462 e. The predicted molar refractivity (Wildman–Crippen MR) is 92.1 cm³/mol. The second-order valence-corrected chi connectivity index (χ2v) is 7.45. The van der Waals surface area contributed by atoms with Gasteiger partial charge in [0, 0.05) is 11.7 Å². The van der Waals surface area contributed by atoms with Crippen molar-refractivity contribution < 1.29 is 14.3 Å². The summed E-state index contributed by atoms with van der Waals surface area (Å²) in [5.74, 6) is 1.73. The van der Waals surface area contributed by atoms with Crippen molar-refractivity contribution in [1.29, 1.82) is 0 Å². The molecule has 132 valence electrons. The largest absolute Gasteiger partial charge is 0.462 e. The molecule has 5 heteroatoms. The fraction of sp³-hybridized carbons (Fsp3) is 0.684. The molecule has 2 aliphatic carbocycles. The topological polar surface area (TPSA) is 71.2 Å². The van der Waals surface area contributed by atoms with Gasteiger partial charge in [0.05, 0.1) is 12.2 Å². The number of ether oxygens (including phenoxy) is 1. The fourth-order valence-electron chi connectivity index (χ4n) is 4.78. The monoisotopic (exact) mass is 332 g/mol. The maximum Gasteiger partial charge on any atom is 0.340 e. The zero-order valence-corrected chi connectivity index (χ0v) is 15.1. The molecule has 0 unspecified atom stereocenters. The Hall–Kier alpha value is -1.78. The Balaban J connectivity index is 1.71. The van der Waals surface area contributed by atoms with Crippen LogP contribution in [0.2, 0.25) is 0 Å². The summed E-state index contributed by atoms with van der Waals surface area (Å²) in [5.41, 5.74) is 2.31. The molecule has 0 spiro atoms. The van der Waals surface area contributed by atoms with E-state index in [1.807, 2.05) is 0 Å². The number of rotatable bonds is 5. The molecule has 2 saturated carbocycles. The number of fused-ring (bicyclic) bond motifs is 2. The molecule has 2 fully saturated rings. The zero-order chi connectivity index (χ0) is 17.4. The third kappa shape index (κ3) is 2.96. The quantitative estimate of drug-likeness (QED) is 0.812. The molecule has 0 aromatic carbocycles. The highest BCUT2D eigenvalue weighted by Crippen LogP contribution is 2.49. The molecule has 2 aliphatic rings. The molecular formula is C19H28N2O3. The molecule has 5 nitrogen and oxygen atoms in total. The van der Waals surface area contributed by atoms with Crippen molar-refractivity contribution in [2.24, 2.45) is 17.8 Å². The van der Waals surface area contributed by atoms with E-state index in [-0.39, 0.29) is 17.9 Å². The van der Waals surface area contributed by atoms with E-state index in [1.54, 1.807) is 20.8 Å². The van der Waals surface area contributed by atoms with Crippen LogP contribution in [-0.4, -0.2) is 29.5 Å². The summed E-state index contributed by atoms with van der Waals surface area (Å²) < 4.78 is 5.09. The van der Waals surface area contributed by atoms with Gasteiger partial charge < -0.3 is 15.0 Å². The normalized spacial score (nSPS) is 26.4. The van der Waals surface area contributed by atoms with Gasteiger partial charge in [-0.05, 0) is 70.3 Å². The van der Waals surface area contributed by atoms with E-state index in [0.29, 0.717) is 35.0 Å². The number of aromatic amines is 1. The summed E-state index contributed by atoms with van der Waals surface area (Å²) in [6.07, 6.45) is 5.24. The van der Waals surface area contributed by atoms with Crippen LogP contribution in [0, 0.1) is 31.6 Å². The van der Waals surface area contributed by atoms with E-state index in [9.17, 15) is 9.59 Å². The van der Waals surface area contributed by atoms with Crippen LogP contribution in [0.4, 0.5) is 0 Å². The molecule has 1 aromatic rings. The van der Waals surface area contributed by atoms with Crippen molar-refractivity contribution in [3.63, 3.8) is 0 Å². The Morgan fingerprint density at radius 3 is 2.62 bits per heavy atom. The van der Waals surface area contributed by atoms with Crippen LogP contribution in [-0.2, 0) is 4.74 Å². The second kappa shape index (κ2) is 6.61. The lowest BCUT2D eigenvalue weighted by Gasteiger charge is -2.28. The van der Waals surface area contributed by atoms with E-state index < -0.39 is 0 Å². The average Bonchev–Trinajstić information content (AvgIpc) is 3.21. The molecule has 0 aliphatic heterocycles. The summed E-state index contributed by atoms with van der Waals surface area (Å²) in [6, 6.07) is 0.168. The molecular weight excluding hydrogens is 304 g/mol. The number of aryl methyl sites for hydroxylation is 1. The predicted octanol–water partition coefficient (Wildman–Crippen LogP) is 3.36. The molecule has 4 atom stereocenters. The Kier molecular flexibility index (Phi) is 4.70. The fourth-order valence-corrected chi connectivity index (χ4v) is 4.78. The molecule has 1 aromatic heterocycles. The molecule has 0 radical (unpaired) electrons. The van der Waals surface area contributed by atoms with Crippen molar-refractivity contribution >= 4 is 11.9 Å². The maximum absolute atomic E-state index is 12.7. The number of amides is 1. The molecule has 24 heavy (non-hydrogen) atoms. The smallest absolute Gasteiger partial charge is 0.340 e. The van der Waals surface area contributed by atoms with Crippen LogP contribution in [0.15, 0.2) is 0 Å². The molecule has 2 bridgehead atoms. The third-order valence-corrected chi connectivity index (χ3v) is 5.94. The Bertz CT molecular complexity index is 649. The minimum absolute atomic E-state index is 0.124. The SMILES string of the molecule is CCOC(=O)c1c(C)[nH]c(C(=O)N[C@@H](C)[C@@H]2C[C@@H]3CC[C@H]2C3)c1C. The number of hydrogen-bond acceptors (Lipinski definition) is 3. The lowest BCUT2D eigenvalue weighted by molar-refractivity contribution is 0.0525. The Morgan fingerprint density at radius 1 is 1.29 bits per heavy atom. The first-order chi connectivity index (χ1) is 11.4. The second-order valence-electron chi connectivity index (χ2n) is 7.45. The van der Waals surface area contributed by atoms with E-state index in [4.69, 9.17) is 4.74 Å². The highest BCUT2D eigenvalue weighted by molar-refractivity contribution is 6.00. The van der Waals surface area contributed by atoms with Crippen LogP contribution in [0.1, 0.15) is 71.6 Å². The van der Waals surface area contributed by atoms with Crippen molar-refractivity contribution in [3.8, 4) is 0 Å². The summed E-state index contributed by atoms with van der Waals surface area (Å²) in [5, 5.41) is 3.15. The van der Waals surface area contributed by atoms with Gasteiger partial charge in [0.25, 0.3) is 5.91 Å². The number of carbonyl (C=O) groups excluding carboxylic acids is 2. The Morgan fingerprint density at radius 2 is 2.04 bits per heavy atom. The van der Waals surface area contributed by atoms with Gasteiger partial charge in [-0.1, -0.05) is 6.42 Å². The number of hydrogen-bond donors (Lipinski definition) is 2. The first-order valence-electron chi connectivity index (χ1n) is 9.09. The Labute approximate surface area is 143 Å². The lowest BCUT2D eigenvalue weighted by atomic mass is 9.84. The number of aromatic nitrogens is 1. The number of esters is 1. The lowest BCUT2D eigenvalue weighted by Crippen LogP contribution is -2.40. The van der Waals surface area contributed by atoms with E-state index in [1.165, 1.54) is 25.7 Å². The van der Waals surface area contributed by atoms with Crippen molar-refractivity contribution in [2.75, 3.05) is 6.61 Å². The molecule has 1 heterocycles. The number of carbonyl (C=O) groups is 2. The van der Waals surface area contributed by atoms with E-state index >= 15 is 0 Å². The van der Waals surface area contributed by atoms with Crippen LogP contribution in [0.5, 0.6) is 0 Å². The van der Waals surface area contributed by atoms with Crippen molar-refractivity contribution in [1.82, 2.24) is 10.3 Å². The third-order valence-electron chi connectivity index (χ3n) is 5.94. The van der Waals surface area contributed by atoms with Crippen LogP contribution >= 0.6 is 0 Å². The van der Waals surface area contributed by atoms with Gasteiger partial charge >= 0.3 is 5.97 Å². The van der Waals surface area contributed by atoms with Gasteiger partial charge in [-0.2, -0.15) is 0 Å². The zero-order valence-electron chi connectivity index (χ0n) is 15.1. The van der Waals surface area contributed by atoms with Gasteiger partial charge in [-0.15, -0.1) is 0 Å². The molecule has 1 amide bonds. The van der Waals surface area contributed by atoms with Gasteiger partial charge in [0.2, 0.25) is 0 Å². The van der Waals surface area contributed by atoms with Gasteiger partial charge in [0.15, 0.2) is 0 Å². The highest BCUT2D eigenvalue weighted by Gasteiger charge is 2.42. The first-order valence-corrected chi connectivity index (χ1v) is 9.09. The van der Waals surface area contributed by atoms with E-state index in [0.717, 1.165) is 11.8 Å². The van der Waals surface area contributed by atoms with Gasteiger partial charge in [0.1, 0.15) is 5.69 Å². The molecule has 0 saturated heterocycles. The van der Waals surface area contributed by atoms with Crippen molar-refractivity contribution in [2.45, 2.75) is 59.4 Å². The highest BCUT2D eigenvalue weighted by atomic mass is 16.5. The van der Waals surface area contributed by atoms with Crippen LogP contribution < -0.4 is 5.32 Å². The maximum atomic E-state index is 12.7. The average molecular weight is 332 g/mol. The van der Waals surface area contributed by atoms with Crippen molar-refractivity contribution in [3.05, 3.63) is 22.5 Å². The van der Waals surface area contributed by atoms with E-state index in [2.05, 4.69) is 17.2 Å². The van der Waals surface area contributed by atoms with Gasteiger partial charge in [-0.3, -0.25) is 4.79 Å². The molecule has 2 N–H and O–H groups in total.